The smallest absolute Gasteiger partial charge is 0.332 e. The second kappa shape index (κ2) is 8.99. The summed E-state index contributed by atoms with van der Waals surface area (Å²) in [5.74, 6) is -0.620. The van der Waals surface area contributed by atoms with Gasteiger partial charge >= 0.3 is 5.69 Å². The van der Waals surface area contributed by atoms with E-state index in [4.69, 9.17) is 5.73 Å². The van der Waals surface area contributed by atoms with Crippen LogP contribution >= 0.6 is 0 Å². The molecule has 1 aromatic carbocycles. The summed E-state index contributed by atoms with van der Waals surface area (Å²) in [4.78, 5) is 53.5. The summed E-state index contributed by atoms with van der Waals surface area (Å²) in [6.45, 7) is 0.193. The van der Waals surface area contributed by atoms with Crippen LogP contribution in [0.15, 0.2) is 34.1 Å². The number of carbonyl (C=O) groups is 2. The Morgan fingerprint density at radius 1 is 1.10 bits per heavy atom. The molecular formula is C21H25N5O5. The van der Waals surface area contributed by atoms with Crippen molar-refractivity contribution in [2.75, 3.05) is 5.73 Å². The summed E-state index contributed by atoms with van der Waals surface area (Å²) in [6.07, 6.45) is 2.73. The number of phenols is 1. The number of unbranched alkanes of at least 4 members (excludes halogenated alkanes) is 1. The number of ketones is 2. The highest BCUT2D eigenvalue weighted by Crippen LogP contribution is 2.22. The highest BCUT2D eigenvalue weighted by molar-refractivity contribution is 6.00. The van der Waals surface area contributed by atoms with Gasteiger partial charge in [-0.25, -0.2) is 9.78 Å². The first-order chi connectivity index (χ1) is 14.7. The summed E-state index contributed by atoms with van der Waals surface area (Å²) in [5, 5.41) is 9.80. The largest absolute Gasteiger partial charge is 0.507 e. The van der Waals surface area contributed by atoms with Gasteiger partial charge in [-0.05, 0) is 25.0 Å². The molecule has 2 heterocycles. The van der Waals surface area contributed by atoms with Crippen LogP contribution in [-0.2, 0) is 25.4 Å². The number of phenolic OH excluding ortho intramolecular Hbond substituents is 1. The van der Waals surface area contributed by atoms with Gasteiger partial charge in [-0.2, -0.15) is 0 Å². The molecule has 3 rings (SSSR count). The van der Waals surface area contributed by atoms with Crippen LogP contribution < -0.4 is 17.0 Å². The third kappa shape index (κ3) is 4.57. The van der Waals surface area contributed by atoms with E-state index in [0.717, 1.165) is 4.57 Å². The fourth-order valence-electron chi connectivity index (χ4n) is 3.48. The molecule has 0 spiro atoms. The monoisotopic (exact) mass is 427 g/mol. The molecule has 0 radical (unpaired) electrons. The van der Waals surface area contributed by atoms with Crippen LogP contribution in [0.4, 0.5) is 5.69 Å². The molecule has 0 aliphatic heterocycles. The maximum Gasteiger partial charge on any atom is 0.332 e. The number of benzene rings is 1. The Bertz CT molecular complexity index is 1270. The van der Waals surface area contributed by atoms with Crippen molar-refractivity contribution < 1.29 is 14.7 Å². The van der Waals surface area contributed by atoms with Crippen LogP contribution in [0.5, 0.6) is 5.75 Å². The second-order valence-corrected chi connectivity index (χ2v) is 7.52. The number of fused-ring (bicyclic) bond motifs is 1. The number of aromatic nitrogens is 4. The molecule has 0 aliphatic rings. The fourth-order valence-corrected chi connectivity index (χ4v) is 3.48. The summed E-state index contributed by atoms with van der Waals surface area (Å²) < 4.78 is 4.06. The van der Waals surface area contributed by atoms with E-state index >= 15 is 0 Å². The lowest BCUT2D eigenvalue weighted by molar-refractivity contribution is -0.119. The van der Waals surface area contributed by atoms with E-state index in [9.17, 15) is 24.3 Å². The van der Waals surface area contributed by atoms with Crippen molar-refractivity contribution in [3.63, 3.8) is 0 Å². The Balaban J connectivity index is 1.53. The number of anilines is 1. The number of aromatic hydroxyl groups is 1. The van der Waals surface area contributed by atoms with Gasteiger partial charge in [0, 0.05) is 51.7 Å². The van der Waals surface area contributed by atoms with Gasteiger partial charge in [0.1, 0.15) is 11.5 Å². The van der Waals surface area contributed by atoms with Gasteiger partial charge in [-0.15, -0.1) is 0 Å². The number of hydrogen-bond donors (Lipinski definition) is 2. The van der Waals surface area contributed by atoms with E-state index in [2.05, 4.69) is 4.98 Å². The third-order valence-electron chi connectivity index (χ3n) is 5.24. The lowest BCUT2D eigenvalue weighted by Gasteiger charge is -2.08. The molecule has 0 saturated heterocycles. The molecule has 0 amide bonds. The highest BCUT2D eigenvalue weighted by atomic mass is 16.3. The number of carbonyl (C=O) groups excluding carboxylic acids is 2. The quantitative estimate of drug-likeness (QED) is 0.296. The van der Waals surface area contributed by atoms with Gasteiger partial charge in [0.05, 0.1) is 11.9 Å². The predicted octanol–water partition coefficient (Wildman–Crippen LogP) is 1.12. The van der Waals surface area contributed by atoms with Crippen molar-refractivity contribution in [2.24, 2.45) is 14.1 Å². The maximum atomic E-state index is 12.6. The van der Waals surface area contributed by atoms with Gasteiger partial charge in [0.2, 0.25) is 0 Å². The molecule has 0 saturated carbocycles. The predicted molar refractivity (Wildman–Crippen MR) is 115 cm³/mol. The van der Waals surface area contributed by atoms with E-state index in [0.29, 0.717) is 29.7 Å². The number of rotatable bonds is 9. The molecular weight excluding hydrogens is 402 g/mol. The SMILES string of the molecule is Cn1cnc2c1c(=O)n(CCCCC(=O)CCC(=O)c1ccc(N)cc1O)c(=O)n2C. The lowest BCUT2D eigenvalue weighted by atomic mass is 10.0. The standard InChI is InChI=1S/C21H25N5O5/c1-24-12-23-19-18(24)20(30)26(21(31)25(19)2)10-4-3-5-14(27)7-9-16(28)15-8-6-13(22)11-17(15)29/h6,8,11-12,29H,3-5,7,9-10,22H2,1-2H3. The molecule has 3 aromatic rings. The Morgan fingerprint density at radius 2 is 1.84 bits per heavy atom. The summed E-state index contributed by atoms with van der Waals surface area (Å²) in [7, 11) is 3.25. The molecule has 0 bridgehead atoms. The average Bonchev–Trinajstić information content (AvgIpc) is 3.11. The van der Waals surface area contributed by atoms with Gasteiger partial charge in [0.15, 0.2) is 16.9 Å². The van der Waals surface area contributed by atoms with Gasteiger partial charge in [0.25, 0.3) is 5.56 Å². The number of imidazole rings is 1. The number of nitrogens with two attached hydrogens (primary N) is 1. The van der Waals surface area contributed by atoms with Crippen molar-refractivity contribution in [1.82, 2.24) is 18.7 Å². The van der Waals surface area contributed by atoms with E-state index in [1.165, 1.54) is 29.1 Å². The van der Waals surface area contributed by atoms with Gasteiger partial charge in [-0.1, -0.05) is 0 Å². The minimum atomic E-state index is -0.448. The van der Waals surface area contributed by atoms with E-state index in [-0.39, 0.29) is 48.7 Å². The lowest BCUT2D eigenvalue weighted by Crippen LogP contribution is -2.39. The Morgan fingerprint density at radius 3 is 2.55 bits per heavy atom. The topological polar surface area (TPSA) is 142 Å². The zero-order valence-corrected chi connectivity index (χ0v) is 17.5. The van der Waals surface area contributed by atoms with Crippen LogP contribution in [0, 0.1) is 0 Å². The van der Waals surface area contributed by atoms with E-state index in [1.54, 1.807) is 18.7 Å². The molecule has 164 valence electrons. The molecule has 10 nitrogen and oxygen atoms in total. The van der Waals surface area contributed by atoms with E-state index in [1.807, 2.05) is 0 Å². The molecule has 10 heteroatoms. The molecule has 0 fully saturated rings. The molecule has 0 aliphatic carbocycles. The number of nitrogens with zero attached hydrogens (tertiary/aromatic N) is 4. The van der Waals surface area contributed by atoms with Crippen LogP contribution in [0.1, 0.15) is 42.5 Å². The third-order valence-corrected chi connectivity index (χ3v) is 5.24. The zero-order chi connectivity index (χ0) is 22.7. The maximum absolute atomic E-state index is 12.6. The molecule has 0 unspecified atom stereocenters. The summed E-state index contributed by atoms with van der Waals surface area (Å²) >= 11 is 0. The van der Waals surface area contributed by atoms with Crippen LogP contribution in [0.2, 0.25) is 0 Å². The normalized spacial score (nSPS) is 11.2. The fraction of sp³-hybridized carbons (Fsp3) is 0.381. The second-order valence-electron chi connectivity index (χ2n) is 7.52. The zero-order valence-electron chi connectivity index (χ0n) is 17.5. The minimum Gasteiger partial charge on any atom is -0.507 e. The minimum absolute atomic E-state index is 0.00648. The van der Waals surface area contributed by atoms with Crippen LogP contribution in [0.3, 0.4) is 0 Å². The molecule has 31 heavy (non-hydrogen) atoms. The van der Waals surface area contributed by atoms with Crippen molar-refractivity contribution in [2.45, 2.75) is 38.6 Å². The van der Waals surface area contributed by atoms with Crippen molar-refractivity contribution in [3.8, 4) is 5.75 Å². The molecule has 3 N–H and O–H groups in total. The van der Waals surface area contributed by atoms with E-state index < -0.39 is 11.2 Å². The van der Waals surface area contributed by atoms with Crippen LogP contribution in [-0.4, -0.2) is 35.4 Å². The highest BCUT2D eigenvalue weighted by Gasteiger charge is 2.16. The number of aryl methyl sites for hydroxylation is 2. The summed E-state index contributed by atoms with van der Waals surface area (Å²) in [6, 6.07) is 4.25. The Hall–Kier alpha value is -3.69. The van der Waals surface area contributed by atoms with Crippen molar-refractivity contribution in [1.29, 1.82) is 0 Å². The molecule has 2 aromatic heterocycles. The Labute approximate surface area is 177 Å². The van der Waals surface area contributed by atoms with Crippen molar-refractivity contribution >= 4 is 28.4 Å². The molecule has 0 atom stereocenters. The average molecular weight is 427 g/mol. The van der Waals surface area contributed by atoms with Gasteiger partial charge < -0.3 is 15.4 Å². The Kier molecular flexibility index (Phi) is 6.38. The number of hydrogen-bond acceptors (Lipinski definition) is 7. The number of nitrogen functional groups attached to an aromatic ring is 1. The first-order valence-corrected chi connectivity index (χ1v) is 9.95. The first kappa shape index (κ1) is 22.0. The van der Waals surface area contributed by atoms with Crippen LogP contribution in [0.25, 0.3) is 11.2 Å². The number of Topliss-reactive ketones (excluding diaryl/α,β-unsaturated/α-hetero) is 2. The van der Waals surface area contributed by atoms with Crippen molar-refractivity contribution in [3.05, 3.63) is 50.9 Å². The van der Waals surface area contributed by atoms with Gasteiger partial charge in [-0.3, -0.25) is 23.5 Å². The first-order valence-electron chi connectivity index (χ1n) is 9.95. The summed E-state index contributed by atoms with van der Waals surface area (Å²) in [5.41, 5.74) is 5.87.